The third-order valence-electron chi connectivity index (χ3n) is 4.00. The molecule has 1 aromatic heterocycles. The summed E-state index contributed by atoms with van der Waals surface area (Å²) in [7, 11) is 0. The lowest BCUT2D eigenvalue weighted by Crippen LogP contribution is -2.11. The van der Waals surface area contributed by atoms with Crippen LogP contribution in [0.25, 0.3) is 21.7 Å². The Bertz CT molecular complexity index is 1150. The maximum atomic E-state index is 12.4. The molecule has 0 amide bonds. The Labute approximate surface area is 144 Å². The molecule has 1 heterocycles. The molecule has 0 atom stereocenters. The van der Waals surface area contributed by atoms with Gasteiger partial charge in [0, 0.05) is 16.5 Å². The van der Waals surface area contributed by atoms with Gasteiger partial charge in [-0.25, -0.2) is 0 Å². The van der Waals surface area contributed by atoms with Crippen LogP contribution in [0.5, 0.6) is 0 Å². The van der Waals surface area contributed by atoms with Crippen LogP contribution < -0.4 is 5.56 Å². The summed E-state index contributed by atoms with van der Waals surface area (Å²) in [4.78, 5) is 20.6. The van der Waals surface area contributed by atoms with Gasteiger partial charge in [-0.1, -0.05) is 48.5 Å². The lowest BCUT2D eigenvalue weighted by Gasteiger charge is -2.04. The molecule has 1 N–H and O–H groups in total. The van der Waals surface area contributed by atoms with Crippen molar-refractivity contribution < 1.29 is 0 Å². The summed E-state index contributed by atoms with van der Waals surface area (Å²) in [6.07, 6.45) is 1.59. The molecule has 3 aromatic carbocycles. The second-order valence-electron chi connectivity index (χ2n) is 5.55. The number of thiol groups is 1. The van der Waals surface area contributed by atoms with Crippen molar-refractivity contribution in [2.24, 2.45) is 4.99 Å². The van der Waals surface area contributed by atoms with Crippen LogP contribution in [0.2, 0.25) is 0 Å². The third kappa shape index (κ3) is 2.61. The molecule has 0 unspecified atom stereocenters. The molecule has 4 rings (SSSR count). The molecule has 0 saturated carbocycles. The van der Waals surface area contributed by atoms with Crippen molar-refractivity contribution in [3.8, 4) is 0 Å². The Morgan fingerprint density at radius 2 is 1.67 bits per heavy atom. The number of pyridine rings is 1. The van der Waals surface area contributed by atoms with E-state index in [0.29, 0.717) is 5.56 Å². The molecule has 4 aromatic rings. The highest BCUT2D eigenvalue weighted by Crippen LogP contribution is 2.24. The van der Waals surface area contributed by atoms with Crippen LogP contribution >= 0.6 is 12.6 Å². The first-order valence-electron chi connectivity index (χ1n) is 7.59. The zero-order chi connectivity index (χ0) is 16.5. The maximum Gasteiger partial charge on any atom is 0.257 e. The molecular weight excluding hydrogens is 316 g/mol. The number of hydrogen-bond donors (Lipinski definition) is 2. The highest BCUT2D eigenvalue weighted by Gasteiger charge is 2.05. The topological polar surface area (TPSA) is 45.2 Å². The zero-order valence-electron chi connectivity index (χ0n) is 12.7. The highest BCUT2D eigenvalue weighted by molar-refractivity contribution is 7.80. The number of hydrogen-bond acceptors (Lipinski definition) is 3. The summed E-state index contributed by atoms with van der Waals surface area (Å²) in [5, 5.41) is 3.12. The molecule has 24 heavy (non-hydrogen) atoms. The van der Waals surface area contributed by atoms with Gasteiger partial charge >= 0.3 is 0 Å². The number of aromatic amines is 1. The van der Waals surface area contributed by atoms with E-state index >= 15 is 0 Å². The Morgan fingerprint density at radius 3 is 2.54 bits per heavy atom. The van der Waals surface area contributed by atoms with Crippen molar-refractivity contribution in [1.82, 2.24) is 4.98 Å². The Morgan fingerprint density at radius 1 is 0.917 bits per heavy atom. The average Bonchev–Trinajstić information content (AvgIpc) is 2.61. The third-order valence-corrected chi connectivity index (χ3v) is 4.38. The molecule has 0 radical (unpaired) electrons. The van der Waals surface area contributed by atoms with E-state index in [-0.39, 0.29) is 5.56 Å². The van der Waals surface area contributed by atoms with Crippen LogP contribution in [0.1, 0.15) is 5.56 Å². The number of aliphatic imine (C=N–C) groups is 1. The van der Waals surface area contributed by atoms with E-state index in [0.717, 1.165) is 32.3 Å². The van der Waals surface area contributed by atoms with Gasteiger partial charge < -0.3 is 4.98 Å². The molecule has 0 aliphatic rings. The van der Waals surface area contributed by atoms with Crippen LogP contribution in [-0.4, -0.2) is 11.2 Å². The number of aromatic nitrogens is 1. The summed E-state index contributed by atoms with van der Waals surface area (Å²) >= 11 is 4.37. The van der Waals surface area contributed by atoms with Gasteiger partial charge in [-0.05, 0) is 29.0 Å². The lowest BCUT2D eigenvalue weighted by atomic mass is 10.1. The smallest absolute Gasteiger partial charge is 0.257 e. The van der Waals surface area contributed by atoms with Crippen molar-refractivity contribution in [2.45, 2.75) is 4.90 Å². The fourth-order valence-corrected chi connectivity index (χ4v) is 2.99. The first kappa shape index (κ1) is 14.7. The number of nitrogens with zero attached hydrogens (tertiary/aromatic N) is 1. The molecule has 0 fully saturated rings. The van der Waals surface area contributed by atoms with Gasteiger partial charge in [0.15, 0.2) is 0 Å². The van der Waals surface area contributed by atoms with E-state index in [1.54, 1.807) is 6.21 Å². The molecular formula is C20H14N2OS. The molecule has 3 nitrogen and oxygen atoms in total. The number of fused-ring (bicyclic) bond motifs is 3. The van der Waals surface area contributed by atoms with Gasteiger partial charge in [-0.2, -0.15) is 0 Å². The van der Waals surface area contributed by atoms with Crippen molar-refractivity contribution >= 4 is 46.2 Å². The lowest BCUT2D eigenvalue weighted by molar-refractivity contribution is 1.30. The number of nitrogens with one attached hydrogen (secondary N) is 1. The number of rotatable bonds is 2. The average molecular weight is 330 g/mol. The monoisotopic (exact) mass is 330 g/mol. The van der Waals surface area contributed by atoms with E-state index in [1.807, 2.05) is 60.7 Å². The standard InChI is InChI=1S/C20H14N2OS/c23-20-15(12-21-17-7-3-4-8-18(17)24)11-14-10-9-13-5-1-2-6-16(13)19(14)22-20/h1-12,24H,(H,22,23). The predicted octanol–water partition coefficient (Wildman–Crippen LogP) is 4.72. The minimum absolute atomic E-state index is 0.153. The van der Waals surface area contributed by atoms with Gasteiger partial charge in [0.2, 0.25) is 0 Å². The SMILES string of the molecule is O=c1[nH]c2c(ccc3ccccc32)cc1C=Nc1ccccc1S. The number of benzene rings is 3. The largest absolute Gasteiger partial charge is 0.321 e. The quantitative estimate of drug-likeness (QED) is 0.312. The Balaban J connectivity index is 1.86. The first-order valence-corrected chi connectivity index (χ1v) is 8.04. The first-order chi connectivity index (χ1) is 11.7. The Kier molecular flexibility index (Phi) is 3.67. The summed E-state index contributed by atoms with van der Waals surface area (Å²) in [6.45, 7) is 0. The van der Waals surface area contributed by atoms with Gasteiger partial charge in [-0.15, -0.1) is 12.6 Å². The fraction of sp³-hybridized carbons (Fsp3) is 0. The van der Waals surface area contributed by atoms with E-state index in [9.17, 15) is 4.79 Å². The molecule has 0 aliphatic heterocycles. The molecule has 116 valence electrons. The fourth-order valence-electron chi connectivity index (χ4n) is 2.78. The number of H-pyrrole nitrogens is 1. The molecule has 0 aliphatic carbocycles. The second kappa shape index (κ2) is 5.98. The van der Waals surface area contributed by atoms with Crippen molar-refractivity contribution in [1.29, 1.82) is 0 Å². The zero-order valence-corrected chi connectivity index (χ0v) is 13.6. The van der Waals surface area contributed by atoms with E-state index < -0.39 is 0 Å². The molecule has 0 saturated heterocycles. The highest BCUT2D eigenvalue weighted by atomic mass is 32.1. The summed E-state index contributed by atoms with van der Waals surface area (Å²) < 4.78 is 0. The van der Waals surface area contributed by atoms with E-state index in [1.165, 1.54) is 0 Å². The summed E-state index contributed by atoms with van der Waals surface area (Å²) in [6, 6.07) is 21.5. The normalized spacial score (nSPS) is 11.5. The summed E-state index contributed by atoms with van der Waals surface area (Å²) in [5.74, 6) is 0. The van der Waals surface area contributed by atoms with Crippen LogP contribution in [-0.2, 0) is 0 Å². The van der Waals surface area contributed by atoms with Crippen LogP contribution in [0.3, 0.4) is 0 Å². The summed E-state index contributed by atoms with van der Waals surface area (Å²) in [5.41, 5.74) is 1.96. The van der Waals surface area contributed by atoms with Crippen molar-refractivity contribution in [2.75, 3.05) is 0 Å². The van der Waals surface area contributed by atoms with Crippen LogP contribution in [0.4, 0.5) is 5.69 Å². The minimum atomic E-state index is -0.153. The van der Waals surface area contributed by atoms with Gasteiger partial charge in [0.25, 0.3) is 5.56 Å². The second-order valence-corrected chi connectivity index (χ2v) is 6.03. The van der Waals surface area contributed by atoms with E-state index in [2.05, 4.69) is 28.7 Å². The van der Waals surface area contributed by atoms with E-state index in [4.69, 9.17) is 0 Å². The van der Waals surface area contributed by atoms with Gasteiger partial charge in [0.05, 0.1) is 16.8 Å². The van der Waals surface area contributed by atoms with Gasteiger partial charge in [0.1, 0.15) is 0 Å². The van der Waals surface area contributed by atoms with Crippen LogP contribution in [0, 0.1) is 0 Å². The van der Waals surface area contributed by atoms with Gasteiger partial charge in [-0.3, -0.25) is 9.79 Å². The Hall–Kier alpha value is -2.85. The number of para-hydroxylation sites is 1. The molecule has 0 spiro atoms. The van der Waals surface area contributed by atoms with Crippen LogP contribution in [0.15, 0.2) is 81.4 Å². The van der Waals surface area contributed by atoms with Crippen molar-refractivity contribution in [3.63, 3.8) is 0 Å². The maximum absolute atomic E-state index is 12.4. The van der Waals surface area contributed by atoms with Crippen molar-refractivity contribution in [3.05, 3.63) is 82.6 Å². The minimum Gasteiger partial charge on any atom is -0.321 e. The molecule has 4 heteroatoms. The molecule has 0 bridgehead atoms. The predicted molar refractivity (Wildman–Crippen MR) is 103 cm³/mol.